The number of carboxylic acid groups (broad SMARTS) is 1. The van der Waals surface area contributed by atoms with Crippen LogP contribution in [0.4, 0.5) is 0 Å². The van der Waals surface area contributed by atoms with Gasteiger partial charge in [0.15, 0.2) is 0 Å². The standard InChI is InChI=1S/C24H38O5/c1-14-17(11-18(25)12-21(14)26)7-6-16-5-4-10-24(3)19(8-9-20(16)24)15(2)22(27)13-23(28)29/h6-7,14-15,18-22,25-27H,4-5,8-13H2,1-3H3,(H,28,29)/b16-6?,17-7+/t14-,15+,18-,19-,20+,21+,22?,24-/m1/s1. The molecule has 5 heteroatoms. The number of hydrogen-bond acceptors (Lipinski definition) is 4. The summed E-state index contributed by atoms with van der Waals surface area (Å²) in [6.45, 7) is 6.37. The lowest BCUT2D eigenvalue weighted by Gasteiger charge is -2.45. The number of aliphatic hydroxyl groups is 3. The number of carbonyl (C=O) groups is 1. The van der Waals surface area contributed by atoms with Crippen molar-refractivity contribution in [1.29, 1.82) is 0 Å². The molecule has 1 unspecified atom stereocenters. The Balaban J connectivity index is 1.78. The van der Waals surface area contributed by atoms with E-state index in [0.717, 1.165) is 37.7 Å². The van der Waals surface area contributed by atoms with Crippen molar-refractivity contribution in [2.45, 2.75) is 90.4 Å². The molecule has 0 spiro atoms. The highest BCUT2D eigenvalue weighted by Crippen LogP contribution is 2.59. The summed E-state index contributed by atoms with van der Waals surface area (Å²) in [6.07, 6.45) is 8.94. The lowest BCUT2D eigenvalue weighted by molar-refractivity contribution is -0.140. The number of carboxylic acids is 1. The fourth-order valence-corrected chi connectivity index (χ4v) is 6.48. The molecule has 29 heavy (non-hydrogen) atoms. The molecule has 3 rings (SSSR count). The van der Waals surface area contributed by atoms with Crippen LogP contribution in [0.2, 0.25) is 0 Å². The SMILES string of the molecule is C[C@@H]1/C(=C/C=C2CCC[C@]3(C)[C@@H]([C@H](C)C(O)CC(=O)O)CC[C@@H]23)C[C@@H](O)C[C@@H]1O. The van der Waals surface area contributed by atoms with Crippen LogP contribution in [0.1, 0.15) is 72.1 Å². The van der Waals surface area contributed by atoms with E-state index in [2.05, 4.69) is 19.1 Å². The lowest BCUT2D eigenvalue weighted by atomic mass is 9.60. The minimum atomic E-state index is -0.939. The number of hydrogen-bond donors (Lipinski definition) is 4. The highest BCUT2D eigenvalue weighted by molar-refractivity contribution is 5.67. The smallest absolute Gasteiger partial charge is 0.305 e. The fraction of sp³-hybridized carbons (Fsp3) is 0.792. The van der Waals surface area contributed by atoms with Crippen molar-refractivity contribution in [3.05, 3.63) is 23.3 Å². The maximum absolute atomic E-state index is 11.0. The van der Waals surface area contributed by atoms with Crippen LogP contribution in [0.25, 0.3) is 0 Å². The van der Waals surface area contributed by atoms with E-state index < -0.39 is 24.3 Å². The summed E-state index contributed by atoms with van der Waals surface area (Å²) in [6, 6.07) is 0. The van der Waals surface area contributed by atoms with Crippen LogP contribution in [0.5, 0.6) is 0 Å². The summed E-state index contributed by atoms with van der Waals surface area (Å²) < 4.78 is 0. The highest BCUT2D eigenvalue weighted by Gasteiger charge is 2.51. The molecular formula is C24H38O5. The average molecular weight is 407 g/mol. The van der Waals surface area contributed by atoms with E-state index in [9.17, 15) is 20.1 Å². The molecule has 3 saturated carbocycles. The topological polar surface area (TPSA) is 98.0 Å². The van der Waals surface area contributed by atoms with Gasteiger partial charge in [-0.2, -0.15) is 0 Å². The van der Waals surface area contributed by atoms with E-state index in [1.165, 1.54) is 5.57 Å². The Hall–Kier alpha value is -1.17. The molecule has 0 saturated heterocycles. The van der Waals surface area contributed by atoms with E-state index in [4.69, 9.17) is 5.11 Å². The first-order valence-corrected chi connectivity index (χ1v) is 11.3. The molecule has 0 aromatic heterocycles. The molecule has 3 fully saturated rings. The molecular weight excluding hydrogens is 368 g/mol. The number of rotatable bonds is 5. The van der Waals surface area contributed by atoms with Crippen molar-refractivity contribution in [1.82, 2.24) is 0 Å². The minimum Gasteiger partial charge on any atom is -0.481 e. The molecule has 3 aliphatic carbocycles. The van der Waals surface area contributed by atoms with Gasteiger partial charge in [0.05, 0.1) is 24.7 Å². The van der Waals surface area contributed by atoms with Gasteiger partial charge in [-0.3, -0.25) is 4.79 Å². The molecule has 0 aliphatic heterocycles. The van der Waals surface area contributed by atoms with Gasteiger partial charge < -0.3 is 20.4 Å². The normalized spacial score (nSPS) is 42.6. The third kappa shape index (κ3) is 4.62. The summed E-state index contributed by atoms with van der Waals surface area (Å²) >= 11 is 0. The van der Waals surface area contributed by atoms with Crippen molar-refractivity contribution < 1.29 is 25.2 Å². The number of allylic oxidation sites excluding steroid dienone is 3. The zero-order chi connectivity index (χ0) is 21.3. The Kier molecular flexibility index (Phi) is 6.91. The molecule has 4 N–H and O–H groups in total. The Labute approximate surface area is 174 Å². The molecule has 0 amide bonds. The van der Waals surface area contributed by atoms with Crippen molar-refractivity contribution >= 4 is 5.97 Å². The van der Waals surface area contributed by atoms with Gasteiger partial charge >= 0.3 is 5.97 Å². The van der Waals surface area contributed by atoms with Crippen LogP contribution in [0, 0.1) is 29.1 Å². The summed E-state index contributed by atoms with van der Waals surface area (Å²) in [5.74, 6) is -0.0946. The van der Waals surface area contributed by atoms with Gasteiger partial charge in [0.2, 0.25) is 0 Å². The van der Waals surface area contributed by atoms with Gasteiger partial charge in [0.1, 0.15) is 0 Å². The van der Waals surface area contributed by atoms with Gasteiger partial charge in [-0.25, -0.2) is 0 Å². The first kappa shape index (κ1) is 22.5. The van der Waals surface area contributed by atoms with E-state index >= 15 is 0 Å². The van der Waals surface area contributed by atoms with Crippen LogP contribution in [-0.2, 0) is 4.79 Å². The predicted octanol–water partition coefficient (Wildman–Crippen LogP) is 3.68. The van der Waals surface area contributed by atoms with E-state index in [1.807, 2.05) is 13.8 Å². The molecule has 0 aromatic rings. The second-order valence-electron chi connectivity index (χ2n) is 10.1. The first-order chi connectivity index (χ1) is 13.6. The van der Waals surface area contributed by atoms with Gasteiger partial charge in [-0.1, -0.05) is 44.1 Å². The van der Waals surface area contributed by atoms with Crippen LogP contribution in [0.15, 0.2) is 23.3 Å². The molecule has 5 nitrogen and oxygen atoms in total. The zero-order valence-electron chi connectivity index (χ0n) is 18.1. The van der Waals surface area contributed by atoms with Crippen molar-refractivity contribution in [2.24, 2.45) is 29.1 Å². The second-order valence-corrected chi connectivity index (χ2v) is 10.1. The van der Waals surface area contributed by atoms with E-state index in [0.29, 0.717) is 24.7 Å². The summed E-state index contributed by atoms with van der Waals surface area (Å²) in [5.41, 5.74) is 2.66. The third-order valence-electron chi connectivity index (χ3n) is 8.32. The van der Waals surface area contributed by atoms with Gasteiger partial charge in [0.25, 0.3) is 0 Å². The zero-order valence-corrected chi connectivity index (χ0v) is 18.1. The minimum absolute atomic E-state index is 0.0255. The average Bonchev–Trinajstić information content (AvgIpc) is 2.99. The molecule has 0 heterocycles. The van der Waals surface area contributed by atoms with E-state index in [1.54, 1.807) is 0 Å². The van der Waals surface area contributed by atoms with Crippen molar-refractivity contribution in [3.63, 3.8) is 0 Å². The largest absolute Gasteiger partial charge is 0.481 e. The molecule has 0 bridgehead atoms. The second kappa shape index (κ2) is 8.91. The van der Waals surface area contributed by atoms with Crippen LogP contribution in [-0.4, -0.2) is 44.7 Å². The van der Waals surface area contributed by atoms with Crippen molar-refractivity contribution in [2.75, 3.05) is 0 Å². The molecule has 3 aliphatic rings. The summed E-state index contributed by atoms with van der Waals surface area (Å²) in [4.78, 5) is 11.0. The Bertz CT molecular complexity index is 668. The summed E-state index contributed by atoms with van der Waals surface area (Å²) in [7, 11) is 0. The molecule has 8 atom stereocenters. The maximum Gasteiger partial charge on any atom is 0.305 e. The van der Waals surface area contributed by atoms with Gasteiger partial charge in [-0.15, -0.1) is 0 Å². The monoisotopic (exact) mass is 406 g/mol. The highest BCUT2D eigenvalue weighted by atomic mass is 16.4. The molecule has 0 radical (unpaired) electrons. The van der Waals surface area contributed by atoms with Crippen LogP contribution >= 0.6 is 0 Å². The number of fused-ring (bicyclic) bond motifs is 1. The lowest BCUT2D eigenvalue weighted by Crippen LogP contribution is -2.39. The number of aliphatic hydroxyl groups excluding tert-OH is 3. The molecule has 164 valence electrons. The Morgan fingerprint density at radius 1 is 1.24 bits per heavy atom. The van der Waals surface area contributed by atoms with E-state index in [-0.39, 0.29) is 23.7 Å². The maximum atomic E-state index is 11.0. The predicted molar refractivity (Wildman–Crippen MR) is 112 cm³/mol. The van der Waals surface area contributed by atoms with Crippen LogP contribution in [0.3, 0.4) is 0 Å². The summed E-state index contributed by atoms with van der Waals surface area (Å²) in [5, 5.41) is 39.7. The van der Waals surface area contributed by atoms with Crippen molar-refractivity contribution in [3.8, 4) is 0 Å². The Morgan fingerprint density at radius 2 is 1.93 bits per heavy atom. The van der Waals surface area contributed by atoms with Crippen LogP contribution < -0.4 is 0 Å². The quantitative estimate of drug-likeness (QED) is 0.558. The number of aliphatic carboxylic acids is 1. The third-order valence-corrected chi connectivity index (χ3v) is 8.32. The Morgan fingerprint density at radius 3 is 2.62 bits per heavy atom. The first-order valence-electron chi connectivity index (χ1n) is 11.3. The fourth-order valence-electron chi connectivity index (χ4n) is 6.48. The van der Waals surface area contributed by atoms with Gasteiger partial charge in [0, 0.05) is 12.3 Å². The molecule has 0 aromatic carbocycles. The van der Waals surface area contributed by atoms with Gasteiger partial charge in [-0.05, 0) is 61.7 Å².